The van der Waals surface area contributed by atoms with E-state index in [1.165, 1.54) is 22.2 Å². The van der Waals surface area contributed by atoms with E-state index >= 15 is 0 Å². The second kappa shape index (κ2) is 4.25. The van der Waals surface area contributed by atoms with Gasteiger partial charge in [-0.3, -0.25) is 4.90 Å². The van der Waals surface area contributed by atoms with E-state index in [0.29, 0.717) is 19.4 Å². The predicted octanol–water partition coefficient (Wildman–Crippen LogP) is 2.04. The first-order valence-electron chi connectivity index (χ1n) is 5.47. The van der Waals surface area contributed by atoms with E-state index in [9.17, 15) is 9.59 Å². The largest absolute Gasteiger partial charge is 0.480 e. The number of carboxylic acid groups (broad SMARTS) is 1. The van der Waals surface area contributed by atoms with Gasteiger partial charge in [-0.15, -0.1) is 0 Å². The highest BCUT2D eigenvalue weighted by atomic mass is 32.2. The molecule has 2 unspecified atom stereocenters. The number of thioether (sulfide) groups is 1. The smallest absolute Gasteiger partial charge is 0.411 e. The first-order valence-corrected chi connectivity index (χ1v) is 6.35. The minimum Gasteiger partial charge on any atom is -0.480 e. The summed E-state index contributed by atoms with van der Waals surface area (Å²) in [6.07, 6.45) is 0.669. The van der Waals surface area contributed by atoms with Gasteiger partial charge in [0.1, 0.15) is 6.04 Å². The van der Waals surface area contributed by atoms with Gasteiger partial charge in [0.25, 0.3) is 0 Å². The lowest BCUT2D eigenvalue weighted by molar-refractivity contribution is -0.147. The van der Waals surface area contributed by atoms with Crippen LogP contribution >= 0.6 is 11.8 Å². The third kappa shape index (κ3) is 2.41. The van der Waals surface area contributed by atoms with Crippen molar-refractivity contribution in [3.63, 3.8) is 0 Å². The number of ether oxygens (including phenoxy) is 1. The first-order chi connectivity index (χ1) is 7.91. The number of carbonyl (C=O) groups excluding carboxylic acids is 1. The van der Waals surface area contributed by atoms with E-state index in [1.54, 1.807) is 0 Å². The maximum absolute atomic E-state index is 11.8. The van der Waals surface area contributed by atoms with Crippen LogP contribution < -0.4 is 0 Å². The van der Waals surface area contributed by atoms with Gasteiger partial charge < -0.3 is 9.84 Å². The molecule has 5 nitrogen and oxygen atoms in total. The first kappa shape index (κ1) is 12.3. The highest BCUT2D eigenvalue weighted by molar-refractivity contribution is 8.03. The summed E-state index contributed by atoms with van der Waals surface area (Å²) in [5.74, 6) is -0.966. The molecule has 0 bridgehead atoms. The Bertz CT molecular complexity index is 395. The number of hydrogen-bond donors (Lipinski definition) is 1. The Morgan fingerprint density at radius 2 is 2.35 bits per heavy atom. The molecule has 0 saturated carbocycles. The van der Waals surface area contributed by atoms with Crippen molar-refractivity contribution < 1.29 is 19.4 Å². The Labute approximate surface area is 104 Å². The van der Waals surface area contributed by atoms with Gasteiger partial charge in [-0.1, -0.05) is 17.3 Å². The third-order valence-electron chi connectivity index (χ3n) is 2.95. The van der Waals surface area contributed by atoms with E-state index < -0.39 is 23.0 Å². The second-order valence-corrected chi connectivity index (χ2v) is 5.93. The summed E-state index contributed by atoms with van der Waals surface area (Å²) >= 11 is 1.46. The number of carboxylic acids is 1. The van der Waals surface area contributed by atoms with Crippen LogP contribution in [-0.2, 0) is 9.53 Å². The summed E-state index contributed by atoms with van der Waals surface area (Å²) in [6, 6.07) is -0.716. The van der Waals surface area contributed by atoms with Crippen LogP contribution in [0.25, 0.3) is 0 Å². The molecule has 2 rings (SSSR count). The summed E-state index contributed by atoms with van der Waals surface area (Å²) in [4.78, 5) is 23.3. The highest BCUT2D eigenvalue weighted by Gasteiger charge is 2.42. The monoisotopic (exact) mass is 257 g/mol. The molecule has 1 saturated heterocycles. The van der Waals surface area contributed by atoms with Gasteiger partial charge in [-0.25, -0.2) is 9.59 Å². The van der Waals surface area contributed by atoms with Crippen LogP contribution in [0.5, 0.6) is 0 Å². The Balaban J connectivity index is 1.92. The van der Waals surface area contributed by atoms with Gasteiger partial charge in [-0.05, 0) is 25.7 Å². The number of amides is 1. The van der Waals surface area contributed by atoms with Crippen molar-refractivity contribution in [1.82, 2.24) is 4.90 Å². The molecule has 0 aromatic heterocycles. The molecule has 2 aliphatic rings. The van der Waals surface area contributed by atoms with E-state index in [-0.39, 0.29) is 0 Å². The van der Waals surface area contributed by atoms with E-state index in [1.807, 2.05) is 19.3 Å². The standard InChI is InChI=1S/C11H15NO4S/c1-7-5-11(2,17-6-7)16-10(15)12-4-3-8(12)9(13)14/h6,8H,3-5H2,1-2H3,(H,13,14). The zero-order valence-corrected chi connectivity index (χ0v) is 10.6. The molecule has 1 fully saturated rings. The van der Waals surface area contributed by atoms with Crippen LogP contribution in [-0.4, -0.2) is 39.6 Å². The van der Waals surface area contributed by atoms with Crippen LogP contribution in [0.15, 0.2) is 11.0 Å². The predicted molar refractivity (Wildman–Crippen MR) is 63.6 cm³/mol. The van der Waals surface area contributed by atoms with Crippen molar-refractivity contribution in [2.45, 2.75) is 37.7 Å². The topological polar surface area (TPSA) is 66.8 Å². The lowest BCUT2D eigenvalue weighted by Gasteiger charge is -2.38. The third-order valence-corrected chi connectivity index (χ3v) is 4.20. The maximum atomic E-state index is 11.8. The minimum atomic E-state index is -0.966. The fourth-order valence-corrected chi connectivity index (χ4v) is 2.95. The average molecular weight is 257 g/mol. The van der Waals surface area contributed by atoms with Gasteiger partial charge in [-0.2, -0.15) is 0 Å². The van der Waals surface area contributed by atoms with Crippen LogP contribution in [0.3, 0.4) is 0 Å². The summed E-state index contributed by atoms with van der Waals surface area (Å²) in [6.45, 7) is 4.29. The summed E-state index contributed by atoms with van der Waals surface area (Å²) in [7, 11) is 0. The van der Waals surface area contributed by atoms with Gasteiger partial charge in [0.05, 0.1) is 0 Å². The number of hydrogen-bond acceptors (Lipinski definition) is 4. The second-order valence-electron chi connectivity index (χ2n) is 4.60. The number of aliphatic carboxylic acids is 1. The molecule has 0 aromatic rings. The summed E-state index contributed by atoms with van der Waals surface area (Å²) in [5.41, 5.74) is 1.17. The summed E-state index contributed by atoms with van der Waals surface area (Å²) in [5, 5.41) is 10.8. The maximum Gasteiger partial charge on any atom is 0.411 e. The molecule has 2 aliphatic heterocycles. The van der Waals surface area contributed by atoms with Crippen molar-refractivity contribution in [3.05, 3.63) is 11.0 Å². The van der Waals surface area contributed by atoms with Crippen molar-refractivity contribution in [2.75, 3.05) is 6.54 Å². The van der Waals surface area contributed by atoms with E-state index in [0.717, 1.165) is 0 Å². The van der Waals surface area contributed by atoms with Gasteiger partial charge >= 0.3 is 12.1 Å². The van der Waals surface area contributed by atoms with Crippen molar-refractivity contribution >= 4 is 23.8 Å². The Kier molecular flexibility index (Phi) is 3.07. The number of carbonyl (C=O) groups is 2. The molecule has 6 heteroatoms. The number of likely N-dealkylation sites (tertiary alicyclic amines) is 1. The van der Waals surface area contributed by atoms with Gasteiger partial charge in [0.15, 0.2) is 4.93 Å². The molecule has 0 radical (unpaired) electrons. The van der Waals surface area contributed by atoms with Crippen LogP contribution in [0.2, 0.25) is 0 Å². The minimum absolute atomic E-state index is 0.461. The molecule has 0 aliphatic carbocycles. The molecule has 2 atom stereocenters. The average Bonchev–Trinajstić information content (AvgIpc) is 2.41. The van der Waals surface area contributed by atoms with E-state index in [2.05, 4.69) is 0 Å². The molecule has 0 spiro atoms. The molecular formula is C11H15NO4S. The van der Waals surface area contributed by atoms with Crippen molar-refractivity contribution in [1.29, 1.82) is 0 Å². The SMILES string of the molecule is CC1=CSC(C)(OC(=O)N2CCC2C(=O)O)C1. The Morgan fingerprint density at radius 1 is 1.65 bits per heavy atom. The fourth-order valence-electron chi connectivity index (χ4n) is 1.98. The van der Waals surface area contributed by atoms with Crippen LogP contribution in [0.1, 0.15) is 26.7 Å². The van der Waals surface area contributed by atoms with Crippen molar-refractivity contribution in [2.24, 2.45) is 0 Å². The molecule has 1 amide bonds. The Hall–Kier alpha value is -1.17. The quantitative estimate of drug-likeness (QED) is 0.820. The molecule has 0 aromatic carbocycles. The van der Waals surface area contributed by atoms with Crippen molar-refractivity contribution in [3.8, 4) is 0 Å². The van der Waals surface area contributed by atoms with Gasteiger partial charge in [0.2, 0.25) is 0 Å². The van der Waals surface area contributed by atoms with Crippen LogP contribution in [0, 0.1) is 0 Å². The lowest BCUT2D eigenvalue weighted by atomic mass is 10.1. The highest BCUT2D eigenvalue weighted by Crippen LogP contribution is 2.41. The molecular weight excluding hydrogens is 242 g/mol. The normalized spacial score (nSPS) is 31.8. The molecule has 17 heavy (non-hydrogen) atoms. The molecule has 94 valence electrons. The zero-order chi connectivity index (χ0) is 12.6. The van der Waals surface area contributed by atoms with Gasteiger partial charge in [0, 0.05) is 13.0 Å². The van der Waals surface area contributed by atoms with Crippen LogP contribution in [0.4, 0.5) is 4.79 Å². The molecule has 1 N–H and O–H groups in total. The van der Waals surface area contributed by atoms with E-state index in [4.69, 9.17) is 9.84 Å². The molecule has 2 heterocycles. The number of nitrogens with zero attached hydrogens (tertiary/aromatic N) is 1. The summed E-state index contributed by atoms with van der Waals surface area (Å²) < 4.78 is 5.39. The fraction of sp³-hybridized carbons (Fsp3) is 0.636. The number of rotatable bonds is 2. The zero-order valence-electron chi connectivity index (χ0n) is 9.80. The Morgan fingerprint density at radius 3 is 2.76 bits per heavy atom. The lowest BCUT2D eigenvalue weighted by Crippen LogP contribution is -2.56.